The number of hydrogen-bond acceptors (Lipinski definition) is 5. The molecule has 1 aliphatic heterocycles. The van der Waals surface area contributed by atoms with Crippen LogP contribution in [0.5, 0.6) is 0 Å². The second-order valence-corrected chi connectivity index (χ2v) is 4.72. The van der Waals surface area contributed by atoms with Crippen molar-refractivity contribution in [1.82, 2.24) is 5.32 Å². The summed E-state index contributed by atoms with van der Waals surface area (Å²) in [7, 11) is 1.62. The van der Waals surface area contributed by atoms with Crippen LogP contribution in [-0.2, 0) is 9.47 Å². The van der Waals surface area contributed by atoms with Crippen LogP contribution in [-0.4, -0.2) is 38.4 Å². The zero-order valence-corrected chi connectivity index (χ0v) is 10.9. The summed E-state index contributed by atoms with van der Waals surface area (Å²) in [6.07, 6.45) is 0.765. The fourth-order valence-corrected chi connectivity index (χ4v) is 2.09. The summed E-state index contributed by atoms with van der Waals surface area (Å²) in [5.41, 5.74) is 12.3. The summed E-state index contributed by atoms with van der Waals surface area (Å²) in [5, 5.41) is 2.83. The molecule has 1 aromatic carbocycles. The van der Waals surface area contributed by atoms with Crippen molar-refractivity contribution in [3.63, 3.8) is 0 Å². The van der Waals surface area contributed by atoms with Crippen molar-refractivity contribution in [2.24, 2.45) is 0 Å². The molecule has 1 aliphatic rings. The summed E-state index contributed by atoms with van der Waals surface area (Å²) in [6, 6.07) is 4.83. The number of nitrogens with two attached hydrogens (primary N) is 2. The average Bonchev–Trinajstić information content (AvgIpc) is 2.85. The normalized spacial score (nSPS) is 22.4. The van der Waals surface area contributed by atoms with Crippen molar-refractivity contribution >= 4 is 17.3 Å². The zero-order valence-electron chi connectivity index (χ0n) is 10.9. The van der Waals surface area contributed by atoms with Crippen LogP contribution in [0.15, 0.2) is 18.2 Å². The predicted molar refractivity (Wildman–Crippen MR) is 72.8 cm³/mol. The van der Waals surface area contributed by atoms with Crippen LogP contribution in [0.4, 0.5) is 11.4 Å². The van der Waals surface area contributed by atoms with Gasteiger partial charge >= 0.3 is 0 Å². The van der Waals surface area contributed by atoms with E-state index >= 15 is 0 Å². The van der Waals surface area contributed by atoms with E-state index in [0.29, 0.717) is 36.7 Å². The summed E-state index contributed by atoms with van der Waals surface area (Å²) in [6.45, 7) is 1.53. The van der Waals surface area contributed by atoms with Gasteiger partial charge in [0.05, 0.1) is 12.2 Å². The van der Waals surface area contributed by atoms with Gasteiger partial charge in [-0.05, 0) is 18.2 Å². The molecule has 1 unspecified atom stereocenters. The van der Waals surface area contributed by atoms with E-state index in [1.165, 1.54) is 0 Å². The summed E-state index contributed by atoms with van der Waals surface area (Å²) < 4.78 is 10.8. The van der Waals surface area contributed by atoms with Gasteiger partial charge < -0.3 is 26.3 Å². The van der Waals surface area contributed by atoms with Gasteiger partial charge in [-0.2, -0.15) is 0 Å². The Labute approximate surface area is 112 Å². The highest BCUT2D eigenvalue weighted by molar-refractivity contribution is 5.99. The number of carbonyl (C=O) groups excluding carboxylic acids is 1. The molecule has 1 atom stereocenters. The summed E-state index contributed by atoms with van der Waals surface area (Å²) in [4.78, 5) is 12.1. The van der Waals surface area contributed by atoms with Crippen LogP contribution in [0.2, 0.25) is 0 Å². The Bertz CT molecular complexity index is 470. The Hall–Kier alpha value is -1.79. The standard InChI is InChI=1S/C13H19N3O3/c1-18-13(4-5-19-8-13)7-16-12(17)10-3-2-9(14)6-11(10)15/h2-3,6H,4-5,7-8,14-15H2,1H3,(H,16,17). The Balaban J connectivity index is 2.01. The van der Waals surface area contributed by atoms with Gasteiger partial charge in [-0.3, -0.25) is 4.79 Å². The number of methoxy groups -OCH3 is 1. The van der Waals surface area contributed by atoms with Crippen molar-refractivity contribution in [2.75, 3.05) is 38.3 Å². The number of nitrogens with one attached hydrogen (secondary N) is 1. The zero-order chi connectivity index (χ0) is 13.9. The van der Waals surface area contributed by atoms with Crippen molar-refractivity contribution in [3.8, 4) is 0 Å². The third kappa shape index (κ3) is 2.97. The number of carbonyl (C=O) groups is 1. The molecule has 6 heteroatoms. The van der Waals surface area contributed by atoms with Gasteiger partial charge in [-0.15, -0.1) is 0 Å². The first-order valence-corrected chi connectivity index (χ1v) is 6.12. The molecule has 19 heavy (non-hydrogen) atoms. The quantitative estimate of drug-likeness (QED) is 0.684. The van der Waals surface area contributed by atoms with E-state index in [2.05, 4.69) is 5.32 Å². The Morgan fingerprint density at radius 2 is 2.32 bits per heavy atom. The molecule has 0 aliphatic carbocycles. The van der Waals surface area contributed by atoms with Gasteiger partial charge in [0.2, 0.25) is 0 Å². The maximum atomic E-state index is 12.1. The lowest BCUT2D eigenvalue weighted by Gasteiger charge is -2.26. The monoisotopic (exact) mass is 265 g/mol. The van der Waals surface area contributed by atoms with Gasteiger partial charge in [-0.1, -0.05) is 0 Å². The van der Waals surface area contributed by atoms with Gasteiger partial charge in [-0.25, -0.2) is 0 Å². The van der Waals surface area contributed by atoms with Crippen molar-refractivity contribution in [3.05, 3.63) is 23.8 Å². The molecule has 0 saturated carbocycles. The van der Waals surface area contributed by atoms with Crippen molar-refractivity contribution < 1.29 is 14.3 Å². The molecule has 1 aromatic rings. The summed E-state index contributed by atoms with van der Waals surface area (Å²) in [5.74, 6) is -0.235. The minimum atomic E-state index is -0.432. The molecule has 0 spiro atoms. The van der Waals surface area contributed by atoms with E-state index in [1.54, 1.807) is 25.3 Å². The molecule has 2 rings (SSSR count). The number of anilines is 2. The van der Waals surface area contributed by atoms with E-state index in [9.17, 15) is 4.79 Å². The largest absolute Gasteiger partial charge is 0.399 e. The predicted octanol–water partition coefficient (Wildman–Crippen LogP) is 0.386. The molecule has 0 aromatic heterocycles. The molecule has 1 saturated heterocycles. The SMILES string of the molecule is COC1(CNC(=O)c2ccc(N)cc2N)CCOC1. The lowest BCUT2D eigenvalue weighted by molar-refractivity contribution is -0.0148. The molecular weight excluding hydrogens is 246 g/mol. The highest BCUT2D eigenvalue weighted by Crippen LogP contribution is 2.22. The highest BCUT2D eigenvalue weighted by atomic mass is 16.5. The Kier molecular flexibility index (Phi) is 3.92. The van der Waals surface area contributed by atoms with Crippen LogP contribution >= 0.6 is 0 Å². The fraction of sp³-hybridized carbons (Fsp3) is 0.462. The summed E-state index contributed by atoms with van der Waals surface area (Å²) >= 11 is 0. The Morgan fingerprint density at radius 1 is 1.53 bits per heavy atom. The molecule has 5 N–H and O–H groups in total. The van der Waals surface area contributed by atoms with Gasteiger partial charge in [0.25, 0.3) is 5.91 Å². The van der Waals surface area contributed by atoms with Crippen molar-refractivity contribution in [1.29, 1.82) is 0 Å². The second-order valence-electron chi connectivity index (χ2n) is 4.72. The molecular formula is C13H19N3O3. The minimum absolute atomic E-state index is 0.235. The molecule has 1 heterocycles. The van der Waals surface area contributed by atoms with Crippen LogP contribution in [0, 0.1) is 0 Å². The number of amides is 1. The lowest BCUT2D eigenvalue weighted by atomic mass is 10.0. The number of ether oxygens (including phenoxy) is 2. The van der Waals surface area contributed by atoms with Gasteiger partial charge in [0.15, 0.2) is 0 Å². The maximum absolute atomic E-state index is 12.1. The highest BCUT2D eigenvalue weighted by Gasteiger charge is 2.35. The molecule has 1 fully saturated rings. The molecule has 0 bridgehead atoms. The number of hydrogen-bond donors (Lipinski definition) is 3. The minimum Gasteiger partial charge on any atom is -0.399 e. The van der Waals surface area contributed by atoms with E-state index in [0.717, 1.165) is 6.42 Å². The third-order valence-electron chi connectivity index (χ3n) is 3.39. The van der Waals surface area contributed by atoms with Crippen LogP contribution < -0.4 is 16.8 Å². The number of nitrogen functional groups attached to an aromatic ring is 2. The van der Waals surface area contributed by atoms with E-state index < -0.39 is 5.60 Å². The molecule has 104 valence electrons. The third-order valence-corrected chi connectivity index (χ3v) is 3.39. The first-order valence-electron chi connectivity index (χ1n) is 6.12. The van der Waals surface area contributed by atoms with E-state index in [1.807, 2.05) is 0 Å². The Morgan fingerprint density at radius 3 is 2.89 bits per heavy atom. The number of rotatable bonds is 4. The van der Waals surface area contributed by atoms with Crippen LogP contribution in [0.1, 0.15) is 16.8 Å². The molecule has 0 radical (unpaired) electrons. The lowest BCUT2D eigenvalue weighted by Crippen LogP contribution is -2.45. The van der Waals surface area contributed by atoms with Crippen molar-refractivity contribution in [2.45, 2.75) is 12.0 Å². The fourth-order valence-electron chi connectivity index (χ4n) is 2.09. The van der Waals surface area contributed by atoms with Gasteiger partial charge in [0, 0.05) is 38.1 Å². The molecule has 6 nitrogen and oxygen atoms in total. The number of benzene rings is 1. The van der Waals surface area contributed by atoms with Crippen LogP contribution in [0.25, 0.3) is 0 Å². The average molecular weight is 265 g/mol. The van der Waals surface area contributed by atoms with Gasteiger partial charge in [0.1, 0.15) is 5.60 Å². The smallest absolute Gasteiger partial charge is 0.253 e. The topological polar surface area (TPSA) is 99.6 Å². The molecule has 1 amide bonds. The maximum Gasteiger partial charge on any atom is 0.253 e. The van der Waals surface area contributed by atoms with Crippen LogP contribution in [0.3, 0.4) is 0 Å². The van der Waals surface area contributed by atoms with E-state index in [-0.39, 0.29) is 5.91 Å². The second kappa shape index (κ2) is 5.46. The first-order chi connectivity index (χ1) is 9.06. The first kappa shape index (κ1) is 13.6. The van der Waals surface area contributed by atoms with E-state index in [4.69, 9.17) is 20.9 Å².